The van der Waals surface area contributed by atoms with E-state index in [-0.39, 0.29) is 18.3 Å². The standard InChI is InChI=1S/C14H18FNO3/c1-9(17)12-6-3-10(15)7-13(12)19-8-14(18)16(2)11-4-5-11/h3,6-7,9,11,17H,4-5,8H2,1-2H3/t9-/m1/s1. The van der Waals surface area contributed by atoms with Gasteiger partial charge in [-0.25, -0.2) is 4.39 Å². The normalized spacial score (nSPS) is 16.0. The van der Waals surface area contributed by atoms with Crippen LogP contribution in [-0.4, -0.2) is 35.6 Å². The van der Waals surface area contributed by atoms with Crippen LogP contribution in [0.2, 0.25) is 0 Å². The molecule has 2 rings (SSSR count). The molecule has 1 atom stereocenters. The number of hydrogen-bond acceptors (Lipinski definition) is 3. The zero-order chi connectivity index (χ0) is 14.0. The van der Waals surface area contributed by atoms with Gasteiger partial charge in [-0.05, 0) is 31.9 Å². The molecule has 0 aliphatic heterocycles. The first kappa shape index (κ1) is 13.8. The van der Waals surface area contributed by atoms with Gasteiger partial charge in [-0.3, -0.25) is 4.79 Å². The first-order chi connectivity index (χ1) is 8.99. The summed E-state index contributed by atoms with van der Waals surface area (Å²) < 4.78 is 18.5. The van der Waals surface area contributed by atoms with Crippen LogP contribution in [0.25, 0.3) is 0 Å². The minimum Gasteiger partial charge on any atom is -0.483 e. The molecule has 1 aromatic rings. The molecule has 0 heterocycles. The van der Waals surface area contributed by atoms with Crippen LogP contribution >= 0.6 is 0 Å². The minimum absolute atomic E-state index is 0.136. The first-order valence-corrected chi connectivity index (χ1v) is 6.35. The molecular formula is C14H18FNO3. The SMILES string of the molecule is C[C@@H](O)c1ccc(F)cc1OCC(=O)N(C)C1CC1. The average Bonchev–Trinajstić information content (AvgIpc) is 3.18. The Morgan fingerprint density at radius 3 is 2.84 bits per heavy atom. The summed E-state index contributed by atoms with van der Waals surface area (Å²) in [5, 5.41) is 9.57. The zero-order valence-electron chi connectivity index (χ0n) is 11.1. The summed E-state index contributed by atoms with van der Waals surface area (Å²) in [6, 6.07) is 4.23. The fourth-order valence-corrected chi connectivity index (χ4v) is 1.89. The monoisotopic (exact) mass is 267 g/mol. The molecule has 1 saturated carbocycles. The molecule has 5 heteroatoms. The molecule has 0 radical (unpaired) electrons. The van der Waals surface area contributed by atoms with Crippen molar-refractivity contribution in [3.05, 3.63) is 29.6 Å². The van der Waals surface area contributed by atoms with Crippen molar-refractivity contribution >= 4 is 5.91 Å². The predicted octanol–water partition coefficient (Wildman–Crippen LogP) is 1.88. The van der Waals surface area contributed by atoms with Crippen LogP contribution in [0.1, 0.15) is 31.4 Å². The summed E-state index contributed by atoms with van der Waals surface area (Å²) in [6.07, 6.45) is 1.29. The van der Waals surface area contributed by atoms with E-state index < -0.39 is 11.9 Å². The largest absolute Gasteiger partial charge is 0.483 e. The van der Waals surface area contributed by atoms with Gasteiger partial charge in [0, 0.05) is 24.7 Å². The molecule has 1 aromatic carbocycles. The van der Waals surface area contributed by atoms with Gasteiger partial charge in [-0.2, -0.15) is 0 Å². The van der Waals surface area contributed by atoms with Crippen LogP contribution < -0.4 is 4.74 Å². The van der Waals surface area contributed by atoms with Crippen molar-refractivity contribution in [2.75, 3.05) is 13.7 Å². The Hall–Kier alpha value is -1.62. The number of amides is 1. The topological polar surface area (TPSA) is 49.8 Å². The molecule has 1 aliphatic carbocycles. The molecule has 0 unspecified atom stereocenters. The molecule has 1 N–H and O–H groups in total. The van der Waals surface area contributed by atoms with Crippen LogP contribution in [0.3, 0.4) is 0 Å². The van der Waals surface area contributed by atoms with E-state index in [1.165, 1.54) is 18.2 Å². The molecule has 0 bridgehead atoms. The van der Waals surface area contributed by atoms with Crippen LogP contribution in [0, 0.1) is 5.82 Å². The number of hydrogen-bond donors (Lipinski definition) is 1. The number of benzene rings is 1. The van der Waals surface area contributed by atoms with Gasteiger partial charge in [0.05, 0.1) is 6.10 Å². The second-order valence-corrected chi connectivity index (χ2v) is 4.88. The van der Waals surface area contributed by atoms with Crippen molar-refractivity contribution in [3.8, 4) is 5.75 Å². The fourth-order valence-electron chi connectivity index (χ4n) is 1.89. The average molecular weight is 267 g/mol. The lowest BCUT2D eigenvalue weighted by atomic mass is 10.1. The quantitative estimate of drug-likeness (QED) is 0.886. The number of nitrogens with zero attached hydrogens (tertiary/aromatic N) is 1. The van der Waals surface area contributed by atoms with E-state index in [0.717, 1.165) is 12.8 Å². The molecule has 0 spiro atoms. The Kier molecular flexibility index (Phi) is 4.04. The Morgan fingerprint density at radius 2 is 2.26 bits per heavy atom. The summed E-state index contributed by atoms with van der Waals surface area (Å²) >= 11 is 0. The summed E-state index contributed by atoms with van der Waals surface area (Å²) in [4.78, 5) is 13.5. The third-order valence-electron chi connectivity index (χ3n) is 3.26. The second kappa shape index (κ2) is 5.57. The summed E-state index contributed by atoms with van der Waals surface area (Å²) in [6.45, 7) is 1.43. The first-order valence-electron chi connectivity index (χ1n) is 6.35. The van der Waals surface area contributed by atoms with Crippen LogP contribution in [0.15, 0.2) is 18.2 Å². The van der Waals surface area contributed by atoms with E-state index in [4.69, 9.17) is 4.74 Å². The molecule has 1 amide bonds. The maximum Gasteiger partial charge on any atom is 0.260 e. The Morgan fingerprint density at radius 1 is 1.58 bits per heavy atom. The van der Waals surface area contributed by atoms with E-state index in [1.807, 2.05) is 0 Å². The molecule has 104 valence electrons. The molecule has 4 nitrogen and oxygen atoms in total. The van der Waals surface area contributed by atoms with Gasteiger partial charge in [0.15, 0.2) is 6.61 Å². The van der Waals surface area contributed by atoms with Crippen molar-refractivity contribution in [3.63, 3.8) is 0 Å². The number of likely N-dealkylation sites (N-methyl/N-ethyl adjacent to an activating group) is 1. The maximum absolute atomic E-state index is 13.2. The van der Waals surface area contributed by atoms with E-state index in [1.54, 1.807) is 18.9 Å². The third kappa shape index (κ3) is 3.44. The van der Waals surface area contributed by atoms with Crippen LogP contribution in [0.4, 0.5) is 4.39 Å². The van der Waals surface area contributed by atoms with Gasteiger partial charge in [0.25, 0.3) is 5.91 Å². The summed E-state index contributed by atoms with van der Waals surface area (Å²) in [5.41, 5.74) is 0.475. The number of ether oxygens (including phenoxy) is 1. The molecular weight excluding hydrogens is 249 g/mol. The van der Waals surface area contributed by atoms with Gasteiger partial charge in [-0.15, -0.1) is 0 Å². The lowest BCUT2D eigenvalue weighted by Crippen LogP contribution is -2.33. The molecule has 1 fully saturated rings. The predicted molar refractivity (Wildman–Crippen MR) is 68.3 cm³/mol. The Bertz CT molecular complexity index is 472. The number of aliphatic hydroxyl groups excluding tert-OH is 1. The van der Waals surface area contributed by atoms with E-state index in [2.05, 4.69) is 0 Å². The Balaban J connectivity index is 2.01. The van der Waals surface area contributed by atoms with Crippen LogP contribution in [-0.2, 0) is 4.79 Å². The van der Waals surface area contributed by atoms with Gasteiger partial charge in [0.1, 0.15) is 11.6 Å². The summed E-state index contributed by atoms with van der Waals surface area (Å²) in [7, 11) is 1.74. The minimum atomic E-state index is -0.771. The van der Waals surface area contributed by atoms with Crippen molar-refractivity contribution in [1.29, 1.82) is 0 Å². The van der Waals surface area contributed by atoms with Gasteiger partial charge >= 0.3 is 0 Å². The van der Waals surface area contributed by atoms with Gasteiger partial charge in [0.2, 0.25) is 0 Å². The smallest absolute Gasteiger partial charge is 0.260 e. The van der Waals surface area contributed by atoms with Crippen molar-refractivity contribution in [2.24, 2.45) is 0 Å². The highest BCUT2D eigenvalue weighted by Crippen LogP contribution is 2.27. The highest BCUT2D eigenvalue weighted by molar-refractivity contribution is 5.78. The van der Waals surface area contributed by atoms with Crippen molar-refractivity contribution < 1.29 is 19.0 Å². The number of carbonyl (C=O) groups excluding carboxylic acids is 1. The molecule has 0 aromatic heterocycles. The summed E-state index contributed by atoms with van der Waals surface area (Å²) in [5.74, 6) is -0.377. The highest BCUT2D eigenvalue weighted by atomic mass is 19.1. The van der Waals surface area contributed by atoms with E-state index in [9.17, 15) is 14.3 Å². The second-order valence-electron chi connectivity index (χ2n) is 4.88. The fraction of sp³-hybridized carbons (Fsp3) is 0.500. The van der Waals surface area contributed by atoms with Crippen molar-refractivity contribution in [2.45, 2.75) is 31.9 Å². The van der Waals surface area contributed by atoms with Gasteiger partial charge in [-0.1, -0.05) is 0 Å². The van der Waals surface area contributed by atoms with E-state index >= 15 is 0 Å². The van der Waals surface area contributed by atoms with Gasteiger partial charge < -0.3 is 14.7 Å². The Labute approximate surface area is 111 Å². The molecule has 1 aliphatic rings. The molecule has 19 heavy (non-hydrogen) atoms. The number of halogens is 1. The lowest BCUT2D eigenvalue weighted by molar-refractivity contribution is -0.132. The lowest BCUT2D eigenvalue weighted by Gasteiger charge is -2.18. The highest BCUT2D eigenvalue weighted by Gasteiger charge is 2.29. The van der Waals surface area contributed by atoms with Crippen molar-refractivity contribution in [1.82, 2.24) is 4.90 Å². The zero-order valence-corrected chi connectivity index (χ0v) is 11.1. The number of carbonyl (C=O) groups is 1. The maximum atomic E-state index is 13.2. The number of aliphatic hydroxyl groups is 1. The third-order valence-corrected chi connectivity index (χ3v) is 3.26. The molecule has 0 saturated heterocycles. The van der Waals surface area contributed by atoms with Crippen LogP contribution in [0.5, 0.6) is 5.75 Å². The van der Waals surface area contributed by atoms with E-state index in [0.29, 0.717) is 11.6 Å². The number of rotatable bonds is 5.